The Morgan fingerprint density at radius 1 is 1.23 bits per heavy atom. The van der Waals surface area contributed by atoms with Gasteiger partial charge in [0.2, 0.25) is 6.43 Å². The van der Waals surface area contributed by atoms with Crippen molar-refractivity contribution in [3.63, 3.8) is 0 Å². The lowest BCUT2D eigenvalue weighted by molar-refractivity contribution is 0.130. The fourth-order valence-corrected chi connectivity index (χ4v) is 1.37. The van der Waals surface area contributed by atoms with Crippen molar-refractivity contribution in [2.45, 2.75) is 12.3 Å². The van der Waals surface area contributed by atoms with Gasteiger partial charge in [-0.25, -0.2) is 8.78 Å². The molecule has 0 aliphatic heterocycles. The van der Waals surface area contributed by atoms with Gasteiger partial charge in [-0.15, -0.1) is 0 Å². The van der Waals surface area contributed by atoms with E-state index in [4.69, 9.17) is 23.2 Å². The Hall–Kier alpha value is -0.340. The first kappa shape index (κ1) is 10.7. The first-order valence-electron chi connectivity index (χ1n) is 3.58. The van der Waals surface area contributed by atoms with Crippen molar-refractivity contribution in [3.05, 3.63) is 40.7 Å². The van der Waals surface area contributed by atoms with Crippen LogP contribution in [0.4, 0.5) is 8.78 Å². The first-order chi connectivity index (χ1) is 6.02. The van der Waals surface area contributed by atoms with Gasteiger partial charge >= 0.3 is 0 Å². The summed E-state index contributed by atoms with van der Waals surface area (Å²) in [7, 11) is 0. The van der Waals surface area contributed by atoms with Crippen LogP contribution in [0.3, 0.4) is 0 Å². The molecule has 0 aliphatic rings. The predicted octanol–water partition coefficient (Wildman–Crippen LogP) is 4.18. The van der Waals surface area contributed by atoms with Crippen molar-refractivity contribution in [1.82, 2.24) is 0 Å². The second-order valence-electron chi connectivity index (χ2n) is 2.61. The van der Waals surface area contributed by atoms with Crippen LogP contribution in [0.25, 0.3) is 0 Å². The molecule has 0 saturated carbocycles. The van der Waals surface area contributed by atoms with Crippen molar-refractivity contribution < 1.29 is 8.78 Å². The van der Waals surface area contributed by atoms with Gasteiger partial charge in [-0.2, -0.15) is 0 Å². The van der Waals surface area contributed by atoms with Crippen LogP contribution in [0.2, 0.25) is 10.0 Å². The summed E-state index contributed by atoms with van der Waals surface area (Å²) in [6.07, 6.45) is -2.53. The summed E-state index contributed by atoms with van der Waals surface area (Å²) in [6.45, 7) is 3.32. The molecule has 4 heteroatoms. The third kappa shape index (κ3) is 2.55. The van der Waals surface area contributed by atoms with Crippen LogP contribution in [-0.4, -0.2) is 6.43 Å². The maximum atomic E-state index is 12.3. The minimum atomic E-state index is -2.53. The molecule has 0 bridgehead atoms. The van der Waals surface area contributed by atoms with Crippen molar-refractivity contribution in [1.29, 1.82) is 0 Å². The highest BCUT2D eigenvalue weighted by molar-refractivity contribution is 6.33. The molecule has 0 amide bonds. The van der Waals surface area contributed by atoms with Gasteiger partial charge in [0.15, 0.2) is 0 Å². The Bertz CT molecular complexity index is 300. The summed E-state index contributed by atoms with van der Waals surface area (Å²) < 4.78 is 24.5. The molecule has 1 aromatic rings. The van der Waals surface area contributed by atoms with Crippen molar-refractivity contribution in [3.8, 4) is 0 Å². The van der Waals surface area contributed by atoms with Gasteiger partial charge in [0, 0.05) is 16.0 Å². The third-order valence-corrected chi connectivity index (χ3v) is 2.24. The average Bonchev–Trinajstić information content (AvgIpc) is 2.08. The zero-order chi connectivity index (χ0) is 10.0. The lowest BCUT2D eigenvalue weighted by Crippen LogP contribution is -2.05. The number of alkyl halides is 2. The van der Waals surface area contributed by atoms with E-state index in [1.165, 1.54) is 12.1 Å². The Labute approximate surface area is 85.5 Å². The maximum Gasteiger partial charge on any atom is 0.245 e. The normalized spacial score (nSPS) is 13.4. The molecule has 0 fully saturated rings. The van der Waals surface area contributed by atoms with Gasteiger partial charge < -0.3 is 0 Å². The highest BCUT2D eigenvalue weighted by Crippen LogP contribution is 2.30. The largest absolute Gasteiger partial charge is 0.245 e. The number of benzene rings is 1. The third-order valence-electron chi connectivity index (χ3n) is 1.66. The van der Waals surface area contributed by atoms with Gasteiger partial charge in [0.1, 0.15) is 0 Å². The molecule has 0 saturated heterocycles. The quantitative estimate of drug-likeness (QED) is 0.706. The Morgan fingerprint density at radius 2 is 1.85 bits per heavy atom. The summed E-state index contributed by atoms with van der Waals surface area (Å²) >= 11 is 11.3. The summed E-state index contributed by atoms with van der Waals surface area (Å²) in [5.41, 5.74) is 0.282. The molecule has 1 rings (SSSR count). The van der Waals surface area contributed by atoms with E-state index in [9.17, 15) is 8.78 Å². The van der Waals surface area contributed by atoms with E-state index in [1.54, 1.807) is 6.07 Å². The molecule has 0 heterocycles. The van der Waals surface area contributed by atoms with Crippen molar-refractivity contribution >= 4 is 23.2 Å². The van der Waals surface area contributed by atoms with Crippen LogP contribution in [0.5, 0.6) is 0 Å². The lowest BCUT2D eigenvalue weighted by atomic mass is 10.0. The standard InChI is InChI=1S/C9H7Cl2F2/c1-5(9(12)13)7-4-6(10)2-3-8(7)11/h2-5,9H,1H2. The van der Waals surface area contributed by atoms with E-state index < -0.39 is 12.3 Å². The van der Waals surface area contributed by atoms with Crippen molar-refractivity contribution in [2.24, 2.45) is 0 Å². The highest BCUT2D eigenvalue weighted by atomic mass is 35.5. The minimum Gasteiger partial charge on any atom is -0.210 e. The molecule has 0 aromatic heterocycles. The van der Waals surface area contributed by atoms with E-state index in [0.29, 0.717) is 5.02 Å². The molecule has 13 heavy (non-hydrogen) atoms. The smallest absolute Gasteiger partial charge is 0.210 e. The molecule has 1 aromatic carbocycles. The van der Waals surface area contributed by atoms with E-state index in [2.05, 4.69) is 6.92 Å². The Kier molecular flexibility index (Phi) is 3.51. The Morgan fingerprint density at radius 3 is 2.38 bits per heavy atom. The SMILES string of the molecule is [CH2]C(c1cc(Cl)ccc1Cl)C(F)F. The van der Waals surface area contributed by atoms with Gasteiger partial charge in [-0.1, -0.05) is 23.2 Å². The van der Waals surface area contributed by atoms with E-state index >= 15 is 0 Å². The molecule has 1 radical (unpaired) electrons. The highest BCUT2D eigenvalue weighted by Gasteiger charge is 2.19. The van der Waals surface area contributed by atoms with E-state index in [-0.39, 0.29) is 10.6 Å². The van der Waals surface area contributed by atoms with Gasteiger partial charge in [-0.3, -0.25) is 0 Å². The predicted molar refractivity (Wildman–Crippen MR) is 50.6 cm³/mol. The second kappa shape index (κ2) is 4.25. The molecule has 0 N–H and O–H groups in total. The van der Waals surface area contributed by atoms with Crippen LogP contribution in [0.15, 0.2) is 18.2 Å². The van der Waals surface area contributed by atoms with Crippen molar-refractivity contribution in [2.75, 3.05) is 0 Å². The van der Waals surface area contributed by atoms with Gasteiger partial charge in [0.25, 0.3) is 0 Å². The summed E-state index contributed by atoms with van der Waals surface area (Å²) in [6, 6.07) is 4.44. The first-order valence-corrected chi connectivity index (χ1v) is 4.34. The van der Waals surface area contributed by atoms with Crippen LogP contribution < -0.4 is 0 Å². The number of hydrogen-bond donors (Lipinski definition) is 0. The van der Waals surface area contributed by atoms with E-state index in [1.807, 2.05) is 0 Å². The minimum absolute atomic E-state index is 0.268. The molecular weight excluding hydrogens is 217 g/mol. The number of hydrogen-bond acceptors (Lipinski definition) is 0. The van der Waals surface area contributed by atoms with Crippen LogP contribution in [0, 0.1) is 6.92 Å². The molecule has 0 aliphatic carbocycles. The zero-order valence-electron chi connectivity index (χ0n) is 6.61. The lowest BCUT2D eigenvalue weighted by Gasteiger charge is -2.12. The summed E-state index contributed by atoms with van der Waals surface area (Å²) in [4.78, 5) is 0. The molecule has 0 spiro atoms. The van der Waals surface area contributed by atoms with Crippen LogP contribution in [0.1, 0.15) is 11.5 Å². The van der Waals surface area contributed by atoms with Gasteiger partial charge in [0.05, 0.1) is 0 Å². The maximum absolute atomic E-state index is 12.3. The fourth-order valence-electron chi connectivity index (χ4n) is 0.934. The van der Waals surface area contributed by atoms with Gasteiger partial charge in [-0.05, 0) is 30.7 Å². The number of halogens is 4. The molecule has 1 unspecified atom stereocenters. The molecule has 0 nitrogen and oxygen atoms in total. The molecular formula is C9H7Cl2F2. The monoisotopic (exact) mass is 223 g/mol. The Balaban J connectivity index is 3.05. The summed E-state index contributed by atoms with van der Waals surface area (Å²) in [5, 5.41) is 0.651. The molecule has 1 atom stereocenters. The van der Waals surface area contributed by atoms with Crippen LogP contribution >= 0.6 is 23.2 Å². The zero-order valence-corrected chi connectivity index (χ0v) is 8.12. The number of rotatable bonds is 2. The van der Waals surface area contributed by atoms with Crippen LogP contribution in [-0.2, 0) is 0 Å². The topological polar surface area (TPSA) is 0 Å². The second-order valence-corrected chi connectivity index (χ2v) is 3.45. The average molecular weight is 224 g/mol. The fraction of sp³-hybridized carbons (Fsp3) is 0.222. The molecule has 71 valence electrons. The van der Waals surface area contributed by atoms with E-state index in [0.717, 1.165) is 0 Å². The summed E-state index contributed by atoms with van der Waals surface area (Å²) in [5.74, 6) is -1.13.